The van der Waals surface area contributed by atoms with Gasteiger partial charge in [-0.25, -0.2) is 0 Å². The fraction of sp³-hybridized carbons (Fsp3) is 0.102. The minimum absolute atomic E-state index is 0.0515. The highest BCUT2D eigenvalue weighted by molar-refractivity contribution is 6.10. The molecular formula is C49H41N3. The van der Waals surface area contributed by atoms with E-state index < -0.39 is 0 Å². The molecule has 0 aliphatic heterocycles. The van der Waals surface area contributed by atoms with Crippen molar-refractivity contribution in [2.24, 2.45) is 5.73 Å². The Bertz CT molecular complexity index is 2590. The summed E-state index contributed by atoms with van der Waals surface area (Å²) in [6, 6.07) is 50.8. The zero-order valence-electron chi connectivity index (χ0n) is 29.7. The molecule has 252 valence electrons. The van der Waals surface area contributed by atoms with Crippen LogP contribution in [-0.4, -0.2) is 4.57 Å². The van der Waals surface area contributed by atoms with E-state index in [1.165, 1.54) is 60.9 Å². The van der Waals surface area contributed by atoms with Crippen molar-refractivity contribution in [1.82, 2.24) is 4.57 Å². The van der Waals surface area contributed by atoms with Crippen LogP contribution in [0.15, 0.2) is 176 Å². The number of para-hydroxylation sites is 2. The number of rotatable bonds is 7. The Hall–Kier alpha value is -6.32. The average molecular weight is 672 g/mol. The topological polar surface area (TPSA) is 34.2 Å². The highest BCUT2D eigenvalue weighted by atomic mass is 15.1. The minimum Gasteiger partial charge on any atom is -0.404 e. The molecule has 9 rings (SSSR count). The number of allylic oxidation sites excluding steroid dienone is 6. The van der Waals surface area contributed by atoms with Gasteiger partial charge in [-0.1, -0.05) is 111 Å². The Labute approximate surface area is 306 Å². The summed E-state index contributed by atoms with van der Waals surface area (Å²) in [5, 5.41) is 2.50. The van der Waals surface area contributed by atoms with Crippen LogP contribution in [0.3, 0.4) is 0 Å². The van der Waals surface area contributed by atoms with E-state index in [4.69, 9.17) is 5.73 Å². The molecule has 0 spiro atoms. The maximum atomic E-state index is 5.92. The Morgan fingerprint density at radius 2 is 1.38 bits per heavy atom. The highest BCUT2D eigenvalue weighted by Gasteiger charge is 2.37. The monoisotopic (exact) mass is 671 g/mol. The van der Waals surface area contributed by atoms with E-state index in [1.807, 2.05) is 0 Å². The lowest BCUT2D eigenvalue weighted by Crippen LogP contribution is -2.18. The van der Waals surface area contributed by atoms with Gasteiger partial charge in [-0.15, -0.1) is 0 Å². The Balaban J connectivity index is 1.13. The lowest BCUT2D eigenvalue weighted by atomic mass is 9.80. The van der Waals surface area contributed by atoms with Crippen LogP contribution in [0.1, 0.15) is 43.4 Å². The smallest absolute Gasteiger partial charge is 0.0541 e. The molecule has 0 radical (unpaired) electrons. The van der Waals surface area contributed by atoms with E-state index in [1.54, 1.807) is 12.3 Å². The molecule has 0 fully saturated rings. The molecule has 2 aliphatic carbocycles. The van der Waals surface area contributed by atoms with Crippen molar-refractivity contribution in [3.8, 4) is 16.8 Å². The van der Waals surface area contributed by atoms with E-state index in [2.05, 4.69) is 182 Å². The van der Waals surface area contributed by atoms with Crippen molar-refractivity contribution in [1.29, 1.82) is 0 Å². The Kier molecular flexibility index (Phi) is 7.59. The molecular weight excluding hydrogens is 631 g/mol. The minimum atomic E-state index is -0.0515. The summed E-state index contributed by atoms with van der Waals surface area (Å²) in [6.07, 6.45) is 10.3. The van der Waals surface area contributed by atoms with Crippen LogP contribution in [0.5, 0.6) is 0 Å². The summed E-state index contributed by atoms with van der Waals surface area (Å²) in [5.41, 5.74) is 22.9. The van der Waals surface area contributed by atoms with Crippen molar-refractivity contribution in [3.05, 3.63) is 193 Å². The predicted octanol–water partition coefficient (Wildman–Crippen LogP) is 12.8. The van der Waals surface area contributed by atoms with Crippen molar-refractivity contribution in [2.75, 3.05) is 4.90 Å². The number of nitrogens with zero attached hydrogens (tertiary/aromatic N) is 2. The summed E-state index contributed by atoms with van der Waals surface area (Å²) in [5.74, 6) is 0. The predicted molar refractivity (Wildman–Crippen MR) is 222 cm³/mol. The fourth-order valence-electron chi connectivity index (χ4n) is 8.47. The molecule has 6 aromatic carbocycles. The first-order valence-electron chi connectivity index (χ1n) is 18.2. The molecule has 2 aliphatic rings. The number of nitrogens with two attached hydrogens (primary N) is 1. The Morgan fingerprint density at radius 1 is 0.712 bits per heavy atom. The first-order chi connectivity index (χ1) is 25.5. The van der Waals surface area contributed by atoms with E-state index in [0.717, 1.165) is 41.0 Å². The lowest BCUT2D eigenvalue weighted by molar-refractivity contribution is 0.651. The van der Waals surface area contributed by atoms with Crippen molar-refractivity contribution >= 4 is 50.0 Å². The van der Waals surface area contributed by atoms with Gasteiger partial charge < -0.3 is 15.2 Å². The molecule has 2 N–H and O–H groups in total. The number of aromatic nitrogens is 1. The number of anilines is 3. The maximum Gasteiger partial charge on any atom is 0.0541 e. The molecule has 7 aromatic rings. The normalized spacial score (nSPS) is 14.8. The summed E-state index contributed by atoms with van der Waals surface area (Å²) < 4.78 is 2.36. The van der Waals surface area contributed by atoms with Gasteiger partial charge >= 0.3 is 0 Å². The van der Waals surface area contributed by atoms with Gasteiger partial charge in [-0.05, 0) is 124 Å². The summed E-state index contributed by atoms with van der Waals surface area (Å²) in [6.45, 7) is 8.68. The third kappa shape index (κ3) is 5.04. The summed E-state index contributed by atoms with van der Waals surface area (Å²) >= 11 is 0. The average Bonchev–Trinajstić information content (AvgIpc) is 3.64. The van der Waals surface area contributed by atoms with Crippen molar-refractivity contribution < 1.29 is 0 Å². The molecule has 0 amide bonds. The SMILES string of the molecule is C=C/C(=C\N)c1ccc(N(c2ccc(-c3ccc4c(c3)c3ccccc3n4-c3ccccc3)cc2)c2ccc3c(c2)C(C)(C)C2=C3CCC=C2)cc1. The van der Waals surface area contributed by atoms with Crippen molar-refractivity contribution in [2.45, 2.75) is 32.1 Å². The molecule has 0 unspecified atom stereocenters. The van der Waals surface area contributed by atoms with Crippen LogP contribution in [0, 0.1) is 0 Å². The third-order valence-corrected chi connectivity index (χ3v) is 11.1. The van der Waals surface area contributed by atoms with Gasteiger partial charge in [0, 0.05) is 45.1 Å². The van der Waals surface area contributed by atoms with Crippen LogP contribution >= 0.6 is 0 Å². The molecule has 3 heteroatoms. The van der Waals surface area contributed by atoms with E-state index in [9.17, 15) is 0 Å². The second kappa shape index (κ2) is 12.5. The molecule has 0 bridgehead atoms. The lowest BCUT2D eigenvalue weighted by Gasteiger charge is -2.29. The van der Waals surface area contributed by atoms with Crippen LogP contribution in [0.25, 0.3) is 49.8 Å². The van der Waals surface area contributed by atoms with Crippen LogP contribution < -0.4 is 10.6 Å². The van der Waals surface area contributed by atoms with Gasteiger partial charge in [0.2, 0.25) is 0 Å². The van der Waals surface area contributed by atoms with Gasteiger partial charge in [0.05, 0.1) is 11.0 Å². The van der Waals surface area contributed by atoms with E-state index >= 15 is 0 Å². The van der Waals surface area contributed by atoms with E-state index in [0.29, 0.717) is 0 Å². The quantitative estimate of drug-likeness (QED) is 0.171. The van der Waals surface area contributed by atoms with Crippen LogP contribution in [0.4, 0.5) is 17.1 Å². The summed E-state index contributed by atoms with van der Waals surface area (Å²) in [7, 11) is 0. The first-order valence-corrected chi connectivity index (χ1v) is 18.2. The molecule has 52 heavy (non-hydrogen) atoms. The largest absolute Gasteiger partial charge is 0.404 e. The van der Waals surface area contributed by atoms with Gasteiger partial charge in [0.15, 0.2) is 0 Å². The van der Waals surface area contributed by atoms with Crippen LogP contribution in [-0.2, 0) is 5.41 Å². The molecule has 0 saturated heterocycles. The van der Waals surface area contributed by atoms with Gasteiger partial charge in [0.25, 0.3) is 0 Å². The van der Waals surface area contributed by atoms with Crippen LogP contribution in [0.2, 0.25) is 0 Å². The van der Waals surface area contributed by atoms with Gasteiger partial charge in [0.1, 0.15) is 0 Å². The number of benzene rings is 6. The van der Waals surface area contributed by atoms with Gasteiger partial charge in [-0.3, -0.25) is 0 Å². The van der Waals surface area contributed by atoms with Crippen molar-refractivity contribution in [3.63, 3.8) is 0 Å². The highest BCUT2D eigenvalue weighted by Crippen LogP contribution is 2.51. The molecule has 3 nitrogen and oxygen atoms in total. The zero-order chi connectivity index (χ0) is 35.4. The Morgan fingerprint density at radius 3 is 2.13 bits per heavy atom. The first kappa shape index (κ1) is 31.6. The maximum absolute atomic E-state index is 5.92. The molecule has 1 aromatic heterocycles. The zero-order valence-corrected chi connectivity index (χ0v) is 29.7. The number of hydrogen-bond donors (Lipinski definition) is 1. The van der Waals surface area contributed by atoms with Gasteiger partial charge in [-0.2, -0.15) is 0 Å². The number of fused-ring (bicyclic) bond motifs is 5. The molecule has 1 heterocycles. The second-order valence-electron chi connectivity index (χ2n) is 14.4. The fourth-order valence-corrected chi connectivity index (χ4v) is 8.47. The third-order valence-electron chi connectivity index (χ3n) is 11.1. The number of hydrogen-bond acceptors (Lipinski definition) is 2. The summed E-state index contributed by atoms with van der Waals surface area (Å²) in [4.78, 5) is 2.37. The van der Waals surface area contributed by atoms with E-state index in [-0.39, 0.29) is 5.41 Å². The molecule has 0 atom stereocenters. The second-order valence-corrected chi connectivity index (χ2v) is 14.4. The standard InChI is InChI=1S/C49H41N3/c1-4-33(32-50)34-18-23-38(24-19-34)51(40-27-28-42-41-14-8-10-16-45(41)49(2,3)46(42)31-40)39-25-20-35(21-26-39)36-22-29-48-44(30-36)43-15-9-11-17-47(43)52(48)37-12-6-5-7-13-37/h4-7,9-13,15-32H,1,8,14,50H2,2-3H3/b33-32+. The molecule has 0 saturated carbocycles.